The van der Waals surface area contributed by atoms with Crippen LogP contribution >= 0.6 is 23.2 Å². The fraction of sp³-hybridized carbons (Fsp3) is 0.125. The molecule has 3 aromatic carbocycles. The van der Waals surface area contributed by atoms with E-state index in [0.29, 0.717) is 32.9 Å². The minimum Gasteiger partial charge on any atom is -0.496 e. The topological polar surface area (TPSA) is 44.8 Å². The third kappa shape index (κ3) is 5.15. The fourth-order valence-electron chi connectivity index (χ4n) is 2.88. The first-order chi connectivity index (χ1) is 14.5. The molecule has 0 fully saturated rings. The van der Waals surface area contributed by atoms with E-state index in [1.54, 1.807) is 49.6 Å². The minimum absolute atomic E-state index is 0.147. The molecule has 0 saturated heterocycles. The highest BCUT2D eigenvalue weighted by Gasteiger charge is 2.10. The number of ether oxygens (including phenoxy) is 3. The molecule has 30 heavy (non-hydrogen) atoms. The van der Waals surface area contributed by atoms with Gasteiger partial charge in [-0.15, -0.1) is 0 Å². The minimum atomic E-state index is -0.147. The van der Waals surface area contributed by atoms with E-state index in [1.807, 2.05) is 24.3 Å². The molecule has 3 aromatic rings. The number of allylic oxidation sites excluding steroid dienone is 1. The van der Waals surface area contributed by atoms with E-state index in [1.165, 1.54) is 13.2 Å². The summed E-state index contributed by atoms with van der Waals surface area (Å²) in [5, 5.41) is 0.782. The quantitative estimate of drug-likeness (QED) is 0.295. The van der Waals surface area contributed by atoms with E-state index in [2.05, 4.69) is 0 Å². The molecule has 0 spiro atoms. The number of rotatable bonds is 8. The van der Waals surface area contributed by atoms with Crippen molar-refractivity contribution in [3.63, 3.8) is 0 Å². The number of halogens is 2. The van der Waals surface area contributed by atoms with E-state index in [4.69, 9.17) is 37.4 Å². The van der Waals surface area contributed by atoms with E-state index < -0.39 is 0 Å². The maximum Gasteiger partial charge on any atom is 0.189 e. The molecule has 0 unspecified atom stereocenters. The van der Waals surface area contributed by atoms with E-state index in [-0.39, 0.29) is 12.4 Å². The van der Waals surface area contributed by atoms with Crippen molar-refractivity contribution in [3.05, 3.63) is 93.5 Å². The monoisotopic (exact) mass is 442 g/mol. The van der Waals surface area contributed by atoms with Gasteiger partial charge in [0, 0.05) is 5.56 Å². The van der Waals surface area contributed by atoms with Gasteiger partial charge in [0.05, 0.1) is 24.8 Å². The van der Waals surface area contributed by atoms with Crippen LogP contribution in [0.4, 0.5) is 0 Å². The zero-order chi connectivity index (χ0) is 21.5. The molecule has 0 heterocycles. The summed E-state index contributed by atoms with van der Waals surface area (Å²) in [7, 11) is 3.13. The lowest BCUT2D eigenvalue weighted by molar-refractivity contribution is 0.104. The predicted octanol–water partition coefficient (Wildman–Crippen LogP) is 6.49. The number of ketones is 1. The Bertz CT molecular complexity index is 1080. The van der Waals surface area contributed by atoms with Gasteiger partial charge in [-0.1, -0.05) is 53.5 Å². The number of methoxy groups -OCH3 is 2. The van der Waals surface area contributed by atoms with E-state index in [0.717, 1.165) is 11.1 Å². The van der Waals surface area contributed by atoms with Crippen molar-refractivity contribution in [3.8, 4) is 17.2 Å². The predicted molar refractivity (Wildman–Crippen MR) is 120 cm³/mol. The third-order valence-corrected chi connectivity index (χ3v) is 5.20. The summed E-state index contributed by atoms with van der Waals surface area (Å²) >= 11 is 12.2. The van der Waals surface area contributed by atoms with Crippen molar-refractivity contribution in [1.29, 1.82) is 0 Å². The smallest absolute Gasteiger partial charge is 0.189 e. The first-order valence-corrected chi connectivity index (χ1v) is 9.88. The summed E-state index contributed by atoms with van der Waals surface area (Å²) < 4.78 is 16.5. The third-order valence-electron chi connectivity index (χ3n) is 4.40. The summed E-state index contributed by atoms with van der Waals surface area (Å²) in [5.41, 5.74) is 2.14. The Kier molecular flexibility index (Phi) is 7.39. The number of benzene rings is 3. The second kappa shape index (κ2) is 10.2. The van der Waals surface area contributed by atoms with Crippen molar-refractivity contribution in [2.75, 3.05) is 14.2 Å². The van der Waals surface area contributed by atoms with Crippen LogP contribution in [-0.2, 0) is 6.61 Å². The Morgan fingerprint density at radius 3 is 2.40 bits per heavy atom. The number of hydrogen-bond donors (Lipinski definition) is 0. The summed E-state index contributed by atoms with van der Waals surface area (Å²) in [5.74, 6) is 1.54. The fourth-order valence-corrected chi connectivity index (χ4v) is 3.22. The highest BCUT2D eigenvalue weighted by molar-refractivity contribution is 6.42. The molecular weight excluding hydrogens is 423 g/mol. The summed E-state index contributed by atoms with van der Waals surface area (Å²) in [6.07, 6.45) is 3.25. The van der Waals surface area contributed by atoms with Gasteiger partial charge in [-0.2, -0.15) is 0 Å². The largest absolute Gasteiger partial charge is 0.496 e. The SMILES string of the molecule is COc1ccc(/C=C/C(=O)c2ccccc2OC)cc1COc1cccc(Cl)c1Cl. The normalized spacial score (nSPS) is 10.8. The Morgan fingerprint density at radius 2 is 1.63 bits per heavy atom. The lowest BCUT2D eigenvalue weighted by Crippen LogP contribution is -2.00. The Hall–Kier alpha value is -2.95. The molecule has 0 saturated carbocycles. The van der Waals surface area contributed by atoms with Crippen molar-refractivity contribution in [1.82, 2.24) is 0 Å². The van der Waals surface area contributed by atoms with Crippen LogP contribution in [0.3, 0.4) is 0 Å². The van der Waals surface area contributed by atoms with Gasteiger partial charge in [0.25, 0.3) is 0 Å². The first kappa shape index (κ1) is 21.8. The average Bonchev–Trinajstić information content (AvgIpc) is 2.78. The molecule has 6 heteroatoms. The molecule has 0 aromatic heterocycles. The van der Waals surface area contributed by atoms with Gasteiger partial charge < -0.3 is 14.2 Å². The highest BCUT2D eigenvalue weighted by atomic mass is 35.5. The van der Waals surface area contributed by atoms with Crippen molar-refractivity contribution in [2.45, 2.75) is 6.61 Å². The molecule has 0 radical (unpaired) electrons. The standard InChI is InChI=1S/C24H20Cl2O4/c1-28-21-13-11-16(10-12-20(27)18-6-3-4-8-22(18)29-2)14-17(21)15-30-23-9-5-7-19(25)24(23)26/h3-14H,15H2,1-2H3/b12-10+. The summed E-state index contributed by atoms with van der Waals surface area (Å²) in [4.78, 5) is 12.5. The van der Waals surface area contributed by atoms with Crippen molar-refractivity contribution in [2.24, 2.45) is 0 Å². The Morgan fingerprint density at radius 1 is 0.900 bits per heavy atom. The zero-order valence-electron chi connectivity index (χ0n) is 16.5. The lowest BCUT2D eigenvalue weighted by Gasteiger charge is -2.12. The Balaban J connectivity index is 1.79. The molecule has 0 aliphatic rings. The van der Waals surface area contributed by atoms with Gasteiger partial charge in [-0.3, -0.25) is 4.79 Å². The van der Waals surface area contributed by atoms with Gasteiger partial charge in [0.2, 0.25) is 0 Å². The molecule has 4 nitrogen and oxygen atoms in total. The lowest BCUT2D eigenvalue weighted by atomic mass is 10.1. The molecular formula is C24H20Cl2O4. The first-order valence-electron chi connectivity index (χ1n) is 9.12. The molecule has 0 amide bonds. The second-order valence-electron chi connectivity index (χ2n) is 6.31. The zero-order valence-corrected chi connectivity index (χ0v) is 18.0. The van der Waals surface area contributed by atoms with E-state index in [9.17, 15) is 4.79 Å². The average molecular weight is 443 g/mol. The second-order valence-corrected chi connectivity index (χ2v) is 7.09. The summed E-state index contributed by atoms with van der Waals surface area (Å²) in [6.45, 7) is 0.228. The molecule has 0 aliphatic heterocycles. The molecule has 0 N–H and O–H groups in total. The van der Waals surface area contributed by atoms with Gasteiger partial charge in [0.15, 0.2) is 5.78 Å². The van der Waals surface area contributed by atoms with Crippen LogP contribution in [0.5, 0.6) is 17.2 Å². The van der Waals surface area contributed by atoms with Crippen LogP contribution in [0, 0.1) is 0 Å². The maximum absolute atomic E-state index is 12.5. The van der Waals surface area contributed by atoms with Crippen LogP contribution < -0.4 is 14.2 Å². The van der Waals surface area contributed by atoms with Crippen LogP contribution in [0.1, 0.15) is 21.5 Å². The molecule has 154 valence electrons. The van der Waals surface area contributed by atoms with Crippen LogP contribution in [0.2, 0.25) is 10.0 Å². The number of carbonyl (C=O) groups is 1. The van der Waals surface area contributed by atoms with Crippen LogP contribution in [0.25, 0.3) is 6.08 Å². The van der Waals surface area contributed by atoms with E-state index >= 15 is 0 Å². The van der Waals surface area contributed by atoms with Crippen molar-refractivity contribution >= 4 is 35.1 Å². The number of carbonyl (C=O) groups excluding carboxylic acids is 1. The van der Waals surface area contributed by atoms with Gasteiger partial charge in [-0.25, -0.2) is 0 Å². The van der Waals surface area contributed by atoms with Crippen LogP contribution in [0.15, 0.2) is 66.7 Å². The number of hydrogen-bond acceptors (Lipinski definition) is 4. The van der Waals surface area contributed by atoms with Gasteiger partial charge in [-0.05, 0) is 48.0 Å². The highest BCUT2D eigenvalue weighted by Crippen LogP contribution is 2.33. The van der Waals surface area contributed by atoms with Crippen LogP contribution in [-0.4, -0.2) is 20.0 Å². The van der Waals surface area contributed by atoms with Gasteiger partial charge in [0.1, 0.15) is 28.9 Å². The molecule has 0 aliphatic carbocycles. The molecule has 0 atom stereocenters. The maximum atomic E-state index is 12.5. The van der Waals surface area contributed by atoms with Gasteiger partial charge >= 0.3 is 0 Å². The molecule has 0 bridgehead atoms. The van der Waals surface area contributed by atoms with Crippen molar-refractivity contribution < 1.29 is 19.0 Å². The Labute approximate surface area is 185 Å². The number of para-hydroxylation sites is 1. The molecule has 3 rings (SSSR count). The summed E-state index contributed by atoms with van der Waals surface area (Å²) in [6, 6.07) is 17.9.